The summed E-state index contributed by atoms with van der Waals surface area (Å²) in [5, 5.41) is 4.47. The fourth-order valence-corrected chi connectivity index (χ4v) is 3.97. The number of amides is 1. The zero-order chi connectivity index (χ0) is 20.9. The molecule has 0 saturated heterocycles. The molecule has 3 aromatic carbocycles. The largest absolute Gasteiger partial charge is 0.494 e. The number of sulfonamides is 1. The lowest BCUT2D eigenvalue weighted by molar-refractivity contribution is -0.119. The highest BCUT2D eigenvalue weighted by atomic mass is 32.2. The minimum atomic E-state index is -3.65. The fourth-order valence-electron chi connectivity index (χ4n) is 3.11. The molecule has 0 aliphatic rings. The van der Waals surface area contributed by atoms with Gasteiger partial charge in [0.15, 0.2) is 0 Å². The first-order valence-corrected chi connectivity index (χ1v) is 11.2. The molecule has 0 aliphatic heterocycles. The van der Waals surface area contributed by atoms with Crippen LogP contribution in [0.25, 0.3) is 10.8 Å². The summed E-state index contributed by atoms with van der Waals surface area (Å²) in [6, 6.07) is 20.3. The molecule has 152 valence electrons. The number of rotatable bonds is 8. The summed E-state index contributed by atoms with van der Waals surface area (Å²) in [5.41, 5.74) is 1.36. The van der Waals surface area contributed by atoms with Gasteiger partial charge in [-0.1, -0.05) is 48.5 Å². The Labute approximate surface area is 171 Å². The van der Waals surface area contributed by atoms with Gasteiger partial charge in [-0.05, 0) is 36.1 Å². The predicted molar refractivity (Wildman–Crippen MR) is 116 cm³/mol. The molecule has 0 heterocycles. The van der Waals surface area contributed by atoms with Crippen LogP contribution in [0.4, 0.5) is 5.69 Å². The minimum Gasteiger partial charge on any atom is -0.494 e. The Hall–Kier alpha value is -3.06. The van der Waals surface area contributed by atoms with E-state index in [2.05, 4.69) is 5.32 Å². The van der Waals surface area contributed by atoms with Crippen LogP contribution >= 0.6 is 0 Å². The van der Waals surface area contributed by atoms with Gasteiger partial charge in [-0.2, -0.15) is 0 Å². The van der Waals surface area contributed by atoms with E-state index in [4.69, 9.17) is 4.74 Å². The molecule has 0 spiro atoms. The second-order valence-corrected chi connectivity index (χ2v) is 8.53. The average Bonchev–Trinajstić information content (AvgIpc) is 2.70. The van der Waals surface area contributed by atoms with Crippen LogP contribution in [0.2, 0.25) is 0 Å². The van der Waals surface area contributed by atoms with Crippen molar-refractivity contribution in [3.05, 3.63) is 72.3 Å². The van der Waals surface area contributed by atoms with E-state index in [0.717, 1.165) is 32.6 Å². The maximum atomic E-state index is 12.5. The van der Waals surface area contributed by atoms with Gasteiger partial charge in [0, 0.05) is 11.9 Å². The van der Waals surface area contributed by atoms with Crippen molar-refractivity contribution in [2.75, 3.05) is 23.7 Å². The van der Waals surface area contributed by atoms with Crippen molar-refractivity contribution < 1.29 is 17.9 Å². The molecule has 1 amide bonds. The molecule has 29 heavy (non-hydrogen) atoms. The molecule has 0 unspecified atom stereocenters. The minimum absolute atomic E-state index is 0.285. The molecule has 7 heteroatoms. The van der Waals surface area contributed by atoms with Crippen molar-refractivity contribution in [3.8, 4) is 5.75 Å². The molecule has 0 fully saturated rings. The molecule has 0 aliphatic carbocycles. The molecule has 0 saturated carbocycles. The van der Waals surface area contributed by atoms with E-state index in [0.29, 0.717) is 12.3 Å². The first kappa shape index (κ1) is 20.7. The highest BCUT2D eigenvalue weighted by molar-refractivity contribution is 7.92. The number of benzene rings is 3. The first-order chi connectivity index (χ1) is 13.9. The van der Waals surface area contributed by atoms with Crippen molar-refractivity contribution in [2.24, 2.45) is 0 Å². The smallest absolute Gasteiger partial charge is 0.241 e. The molecule has 1 N–H and O–H groups in total. The number of nitrogens with zero attached hydrogens (tertiary/aromatic N) is 1. The Kier molecular flexibility index (Phi) is 6.39. The van der Waals surface area contributed by atoms with Crippen molar-refractivity contribution in [2.45, 2.75) is 13.5 Å². The number of ether oxygens (including phenoxy) is 1. The highest BCUT2D eigenvalue weighted by Gasteiger charge is 2.22. The van der Waals surface area contributed by atoms with Gasteiger partial charge in [-0.25, -0.2) is 8.42 Å². The summed E-state index contributed by atoms with van der Waals surface area (Å²) < 4.78 is 31.5. The molecular formula is C22H24N2O4S. The number of anilines is 1. The third-order valence-corrected chi connectivity index (χ3v) is 5.55. The van der Waals surface area contributed by atoms with Crippen molar-refractivity contribution >= 4 is 32.4 Å². The van der Waals surface area contributed by atoms with Crippen LogP contribution in [-0.2, 0) is 21.4 Å². The first-order valence-electron chi connectivity index (χ1n) is 9.32. The van der Waals surface area contributed by atoms with E-state index in [1.54, 1.807) is 12.1 Å². The summed E-state index contributed by atoms with van der Waals surface area (Å²) >= 11 is 0. The molecule has 0 aromatic heterocycles. The second-order valence-electron chi connectivity index (χ2n) is 6.63. The predicted octanol–water partition coefficient (Wildman–Crippen LogP) is 3.32. The monoisotopic (exact) mass is 412 g/mol. The van der Waals surface area contributed by atoms with E-state index in [1.807, 2.05) is 61.5 Å². The summed E-state index contributed by atoms with van der Waals surface area (Å²) in [4.78, 5) is 12.5. The quantitative estimate of drug-likeness (QED) is 0.616. The molecule has 0 atom stereocenters. The van der Waals surface area contributed by atoms with Gasteiger partial charge in [0.2, 0.25) is 15.9 Å². The number of nitrogens with one attached hydrogen (secondary N) is 1. The molecule has 6 nitrogen and oxygen atoms in total. The topological polar surface area (TPSA) is 75.7 Å². The van der Waals surface area contributed by atoms with Gasteiger partial charge in [0.1, 0.15) is 12.3 Å². The number of hydrogen-bond acceptors (Lipinski definition) is 4. The zero-order valence-electron chi connectivity index (χ0n) is 16.5. The summed E-state index contributed by atoms with van der Waals surface area (Å²) in [6.07, 6.45) is 1.10. The Morgan fingerprint density at radius 3 is 2.52 bits per heavy atom. The number of carbonyl (C=O) groups excluding carboxylic acids is 1. The van der Waals surface area contributed by atoms with Gasteiger partial charge in [-0.3, -0.25) is 9.10 Å². The molecular weight excluding hydrogens is 388 g/mol. The van der Waals surface area contributed by atoms with Gasteiger partial charge in [-0.15, -0.1) is 0 Å². The van der Waals surface area contributed by atoms with Crippen molar-refractivity contribution in [3.63, 3.8) is 0 Å². The van der Waals surface area contributed by atoms with Crippen LogP contribution in [0.1, 0.15) is 12.5 Å². The molecule has 3 aromatic rings. The third kappa shape index (κ3) is 5.26. The normalized spacial score (nSPS) is 11.2. The van der Waals surface area contributed by atoms with Gasteiger partial charge >= 0.3 is 0 Å². The van der Waals surface area contributed by atoms with Crippen LogP contribution in [0, 0.1) is 0 Å². The third-order valence-electron chi connectivity index (χ3n) is 4.42. The number of hydrogen-bond donors (Lipinski definition) is 1. The lowest BCUT2D eigenvalue weighted by Gasteiger charge is -2.23. The SMILES string of the molecule is CCOc1cccc(CNC(=O)CN(c2cccc3ccccc23)S(C)(=O)=O)c1. The van der Waals surface area contributed by atoms with Crippen LogP contribution in [0.3, 0.4) is 0 Å². The van der Waals surface area contributed by atoms with E-state index in [9.17, 15) is 13.2 Å². The number of carbonyl (C=O) groups is 1. The van der Waals surface area contributed by atoms with Crippen molar-refractivity contribution in [1.82, 2.24) is 5.32 Å². The molecule has 3 rings (SSSR count). The lowest BCUT2D eigenvalue weighted by Crippen LogP contribution is -2.40. The molecule has 0 bridgehead atoms. The van der Waals surface area contributed by atoms with Crippen LogP contribution < -0.4 is 14.4 Å². The Bertz CT molecular complexity index is 1110. The van der Waals surface area contributed by atoms with Gasteiger partial charge in [0.25, 0.3) is 0 Å². The Morgan fingerprint density at radius 2 is 1.76 bits per heavy atom. The number of fused-ring (bicyclic) bond motifs is 1. The Morgan fingerprint density at radius 1 is 1.03 bits per heavy atom. The fraction of sp³-hybridized carbons (Fsp3) is 0.227. The summed E-state index contributed by atoms with van der Waals surface area (Å²) in [5.74, 6) is 0.345. The van der Waals surface area contributed by atoms with E-state index < -0.39 is 10.0 Å². The Balaban J connectivity index is 1.77. The zero-order valence-corrected chi connectivity index (χ0v) is 17.3. The maximum Gasteiger partial charge on any atom is 0.241 e. The van der Waals surface area contributed by atoms with Gasteiger partial charge < -0.3 is 10.1 Å². The second kappa shape index (κ2) is 8.96. The van der Waals surface area contributed by atoms with E-state index in [-0.39, 0.29) is 19.0 Å². The van der Waals surface area contributed by atoms with Crippen LogP contribution in [0.5, 0.6) is 5.75 Å². The highest BCUT2D eigenvalue weighted by Crippen LogP contribution is 2.28. The van der Waals surface area contributed by atoms with E-state index >= 15 is 0 Å². The van der Waals surface area contributed by atoms with Crippen LogP contribution in [-0.4, -0.2) is 33.7 Å². The van der Waals surface area contributed by atoms with Gasteiger partial charge in [0.05, 0.1) is 18.6 Å². The maximum absolute atomic E-state index is 12.5. The average molecular weight is 413 g/mol. The van der Waals surface area contributed by atoms with Crippen LogP contribution in [0.15, 0.2) is 66.7 Å². The molecule has 0 radical (unpaired) electrons. The van der Waals surface area contributed by atoms with E-state index in [1.165, 1.54) is 0 Å². The summed E-state index contributed by atoms with van der Waals surface area (Å²) in [6.45, 7) is 2.45. The summed E-state index contributed by atoms with van der Waals surface area (Å²) in [7, 11) is -3.65. The standard InChI is InChI=1S/C22H24N2O4S/c1-3-28-19-11-6-8-17(14-19)15-23-22(25)16-24(29(2,26)27)21-13-7-10-18-9-4-5-12-20(18)21/h4-14H,3,15-16H2,1-2H3,(H,23,25). The van der Waals surface area contributed by atoms with Crippen molar-refractivity contribution in [1.29, 1.82) is 0 Å². The lowest BCUT2D eigenvalue weighted by atomic mass is 10.1.